The predicted octanol–water partition coefficient (Wildman–Crippen LogP) is 4.30. The first-order chi connectivity index (χ1) is 9.59. The maximum Gasteiger partial charge on any atom is 0.195 e. The minimum absolute atomic E-state index is 0.00896. The molecule has 0 saturated heterocycles. The van der Waals surface area contributed by atoms with Gasteiger partial charge in [0.05, 0.1) is 21.6 Å². The van der Waals surface area contributed by atoms with E-state index < -0.39 is 5.82 Å². The van der Waals surface area contributed by atoms with Crippen molar-refractivity contribution in [3.05, 3.63) is 69.1 Å². The number of hydrogen-bond donors (Lipinski definition) is 1. The number of aromatic amines is 1. The molecule has 0 aliphatic carbocycles. The second-order valence-corrected chi connectivity index (χ2v) is 5.01. The lowest BCUT2D eigenvalue weighted by Crippen LogP contribution is -2.11. The summed E-state index contributed by atoms with van der Waals surface area (Å²) in [6, 6.07) is 12.1. The lowest BCUT2D eigenvalue weighted by Gasteiger charge is -2.10. The summed E-state index contributed by atoms with van der Waals surface area (Å²) in [6.45, 7) is 1.68. The molecule has 0 saturated carbocycles. The van der Waals surface area contributed by atoms with Crippen LogP contribution in [0.4, 0.5) is 4.39 Å². The molecule has 100 valence electrons. The number of halogens is 2. The van der Waals surface area contributed by atoms with E-state index in [1.54, 1.807) is 6.92 Å². The molecule has 3 aromatic rings. The van der Waals surface area contributed by atoms with Gasteiger partial charge in [-0.3, -0.25) is 4.79 Å². The summed E-state index contributed by atoms with van der Waals surface area (Å²) in [6.07, 6.45) is 0. The summed E-state index contributed by atoms with van der Waals surface area (Å²) < 4.78 is 13.9. The van der Waals surface area contributed by atoms with Crippen molar-refractivity contribution in [2.75, 3.05) is 0 Å². The smallest absolute Gasteiger partial charge is 0.195 e. The maximum absolute atomic E-state index is 13.9. The second-order valence-electron chi connectivity index (χ2n) is 4.60. The van der Waals surface area contributed by atoms with Crippen LogP contribution in [0.5, 0.6) is 0 Å². The number of H-pyrrole nitrogens is 1. The zero-order valence-electron chi connectivity index (χ0n) is 10.7. The van der Waals surface area contributed by atoms with Crippen LogP contribution in [-0.4, -0.2) is 4.98 Å². The average molecular weight is 288 g/mol. The molecule has 1 N–H and O–H groups in total. The molecule has 0 aliphatic rings. The summed E-state index contributed by atoms with van der Waals surface area (Å²) in [5.41, 5.74) is 2.00. The molecule has 1 heterocycles. The molecule has 0 atom stereocenters. The van der Waals surface area contributed by atoms with Crippen molar-refractivity contribution in [3.8, 4) is 11.3 Å². The minimum atomic E-state index is -0.562. The van der Waals surface area contributed by atoms with Crippen molar-refractivity contribution in [2.24, 2.45) is 0 Å². The molecule has 20 heavy (non-hydrogen) atoms. The van der Waals surface area contributed by atoms with Gasteiger partial charge in [0, 0.05) is 5.56 Å². The van der Waals surface area contributed by atoms with E-state index in [0.717, 1.165) is 5.56 Å². The van der Waals surface area contributed by atoms with E-state index in [0.29, 0.717) is 21.8 Å². The summed E-state index contributed by atoms with van der Waals surface area (Å²) in [4.78, 5) is 15.5. The van der Waals surface area contributed by atoms with Gasteiger partial charge in [0.1, 0.15) is 5.82 Å². The van der Waals surface area contributed by atoms with Gasteiger partial charge in [0.2, 0.25) is 0 Å². The number of rotatable bonds is 1. The van der Waals surface area contributed by atoms with Crippen LogP contribution in [0.15, 0.2) is 47.3 Å². The third-order valence-corrected chi connectivity index (χ3v) is 3.67. The third-order valence-electron chi connectivity index (χ3n) is 3.36. The molecule has 2 nitrogen and oxygen atoms in total. The third kappa shape index (κ3) is 1.91. The fourth-order valence-corrected chi connectivity index (χ4v) is 2.51. The Morgan fingerprint density at radius 3 is 2.50 bits per heavy atom. The highest BCUT2D eigenvalue weighted by Crippen LogP contribution is 2.27. The van der Waals surface area contributed by atoms with Gasteiger partial charge in [0.15, 0.2) is 5.43 Å². The fraction of sp³-hybridized carbons (Fsp3) is 0.0625. The summed E-state index contributed by atoms with van der Waals surface area (Å²) in [7, 11) is 0. The first-order valence-electron chi connectivity index (χ1n) is 6.15. The predicted molar refractivity (Wildman–Crippen MR) is 79.7 cm³/mol. The highest BCUT2D eigenvalue weighted by molar-refractivity contribution is 6.35. The van der Waals surface area contributed by atoms with Crippen LogP contribution in [0, 0.1) is 12.7 Å². The van der Waals surface area contributed by atoms with Gasteiger partial charge in [-0.1, -0.05) is 41.9 Å². The van der Waals surface area contributed by atoms with Crippen LogP contribution < -0.4 is 5.43 Å². The molecule has 0 fully saturated rings. The standard InChI is InChI=1S/C16H11ClFNO/c1-9-14(10-5-3-2-4-6-10)19-15-11(17)7-8-12(18)13(15)16(9)20/h2-8H,1H3,(H,19,20). The van der Waals surface area contributed by atoms with Gasteiger partial charge in [-0.2, -0.15) is 0 Å². The minimum Gasteiger partial charge on any atom is -0.353 e. The Morgan fingerprint density at radius 1 is 1.10 bits per heavy atom. The van der Waals surface area contributed by atoms with Crippen LogP contribution in [0.1, 0.15) is 5.56 Å². The normalized spacial score (nSPS) is 10.9. The van der Waals surface area contributed by atoms with E-state index in [4.69, 9.17) is 11.6 Å². The van der Waals surface area contributed by atoms with Crippen LogP contribution in [-0.2, 0) is 0 Å². The number of fused-ring (bicyclic) bond motifs is 1. The van der Waals surface area contributed by atoms with E-state index >= 15 is 0 Å². The van der Waals surface area contributed by atoms with Gasteiger partial charge in [-0.15, -0.1) is 0 Å². The molecular weight excluding hydrogens is 277 g/mol. The maximum atomic E-state index is 13.9. The van der Waals surface area contributed by atoms with Crippen LogP contribution >= 0.6 is 11.6 Å². The molecule has 0 unspecified atom stereocenters. The van der Waals surface area contributed by atoms with Gasteiger partial charge >= 0.3 is 0 Å². The number of aromatic nitrogens is 1. The van der Waals surface area contributed by atoms with E-state index in [-0.39, 0.29) is 10.8 Å². The lowest BCUT2D eigenvalue weighted by atomic mass is 10.0. The SMILES string of the molecule is Cc1c(-c2ccccc2)[nH]c2c(Cl)ccc(F)c2c1=O. The highest BCUT2D eigenvalue weighted by atomic mass is 35.5. The number of benzene rings is 2. The molecule has 2 aromatic carbocycles. The Hall–Kier alpha value is -2.13. The van der Waals surface area contributed by atoms with Crippen LogP contribution in [0.25, 0.3) is 22.2 Å². The van der Waals surface area contributed by atoms with Crippen molar-refractivity contribution in [2.45, 2.75) is 6.92 Å². The molecule has 4 heteroatoms. The van der Waals surface area contributed by atoms with Crippen LogP contribution in [0.2, 0.25) is 5.02 Å². The Morgan fingerprint density at radius 2 is 1.80 bits per heavy atom. The van der Waals surface area contributed by atoms with E-state index in [2.05, 4.69) is 4.98 Å². The second kappa shape index (κ2) is 4.76. The lowest BCUT2D eigenvalue weighted by molar-refractivity contribution is 0.639. The van der Waals surface area contributed by atoms with Gasteiger partial charge < -0.3 is 4.98 Å². The van der Waals surface area contributed by atoms with Crippen molar-refractivity contribution in [3.63, 3.8) is 0 Å². The first kappa shape index (κ1) is 12.9. The molecule has 0 spiro atoms. The van der Waals surface area contributed by atoms with Gasteiger partial charge in [-0.05, 0) is 24.6 Å². The van der Waals surface area contributed by atoms with Gasteiger partial charge in [0.25, 0.3) is 0 Å². The largest absolute Gasteiger partial charge is 0.353 e. The van der Waals surface area contributed by atoms with Gasteiger partial charge in [-0.25, -0.2) is 4.39 Å². The Bertz CT molecular complexity index is 856. The molecule has 0 radical (unpaired) electrons. The van der Waals surface area contributed by atoms with E-state index in [1.165, 1.54) is 12.1 Å². The molecule has 0 amide bonds. The number of nitrogens with one attached hydrogen (secondary N) is 1. The van der Waals surface area contributed by atoms with Crippen LogP contribution in [0.3, 0.4) is 0 Å². The Balaban J connectivity index is 2.46. The summed E-state index contributed by atoms with van der Waals surface area (Å²) in [5.74, 6) is -0.562. The monoisotopic (exact) mass is 287 g/mol. The number of hydrogen-bond acceptors (Lipinski definition) is 1. The average Bonchev–Trinajstić information content (AvgIpc) is 2.47. The van der Waals surface area contributed by atoms with Crippen molar-refractivity contribution in [1.82, 2.24) is 4.98 Å². The van der Waals surface area contributed by atoms with Crippen molar-refractivity contribution in [1.29, 1.82) is 0 Å². The summed E-state index contributed by atoms with van der Waals surface area (Å²) in [5, 5.41) is 0.338. The Labute approximate surface area is 119 Å². The molecule has 0 bridgehead atoms. The fourth-order valence-electron chi connectivity index (χ4n) is 2.31. The van der Waals surface area contributed by atoms with Crippen molar-refractivity contribution < 1.29 is 4.39 Å². The molecule has 1 aromatic heterocycles. The van der Waals surface area contributed by atoms with E-state index in [1.807, 2.05) is 30.3 Å². The number of pyridine rings is 1. The molecule has 0 aliphatic heterocycles. The summed E-state index contributed by atoms with van der Waals surface area (Å²) >= 11 is 6.08. The quantitative estimate of drug-likeness (QED) is 0.711. The highest BCUT2D eigenvalue weighted by Gasteiger charge is 2.14. The Kier molecular flexibility index (Phi) is 3.07. The molecule has 3 rings (SSSR count). The molecular formula is C16H11ClFNO. The zero-order chi connectivity index (χ0) is 14.3. The zero-order valence-corrected chi connectivity index (χ0v) is 11.5. The first-order valence-corrected chi connectivity index (χ1v) is 6.53. The van der Waals surface area contributed by atoms with E-state index in [9.17, 15) is 9.18 Å². The topological polar surface area (TPSA) is 32.9 Å². The van der Waals surface area contributed by atoms with Crippen molar-refractivity contribution >= 4 is 22.5 Å².